The third-order valence-corrected chi connectivity index (χ3v) is 2.11. The van der Waals surface area contributed by atoms with Gasteiger partial charge in [0.2, 0.25) is 6.41 Å². The van der Waals surface area contributed by atoms with Crippen LogP contribution in [0.4, 0.5) is 5.69 Å². The third kappa shape index (κ3) is 2.76. The Hall–Kier alpha value is -1.51. The fourth-order valence-electron chi connectivity index (χ4n) is 1.29. The number of benzene rings is 1. The summed E-state index contributed by atoms with van der Waals surface area (Å²) in [4.78, 5) is 10.2. The fourth-order valence-corrected chi connectivity index (χ4v) is 1.29. The van der Waals surface area contributed by atoms with Gasteiger partial charge in [-0.3, -0.25) is 4.79 Å². The van der Waals surface area contributed by atoms with Crippen LogP contribution in [0.2, 0.25) is 0 Å². The molecule has 2 N–H and O–H groups in total. The van der Waals surface area contributed by atoms with Crippen LogP contribution in [0.3, 0.4) is 0 Å². The van der Waals surface area contributed by atoms with Gasteiger partial charge in [0.1, 0.15) is 0 Å². The van der Waals surface area contributed by atoms with Crippen molar-refractivity contribution in [3.8, 4) is 0 Å². The van der Waals surface area contributed by atoms with E-state index in [0.717, 1.165) is 24.2 Å². The molecule has 3 nitrogen and oxygen atoms in total. The molecule has 1 atom stereocenters. The van der Waals surface area contributed by atoms with E-state index in [9.17, 15) is 4.79 Å². The van der Waals surface area contributed by atoms with Crippen LogP contribution in [0.15, 0.2) is 24.3 Å². The van der Waals surface area contributed by atoms with Gasteiger partial charge in [-0.1, -0.05) is 12.1 Å². The van der Waals surface area contributed by atoms with Crippen LogP contribution in [0, 0.1) is 0 Å². The van der Waals surface area contributed by atoms with Gasteiger partial charge in [0.15, 0.2) is 0 Å². The highest BCUT2D eigenvalue weighted by atomic mass is 16.1. The average Bonchev–Trinajstić information content (AvgIpc) is 2.20. The van der Waals surface area contributed by atoms with Crippen molar-refractivity contribution in [3.05, 3.63) is 29.8 Å². The van der Waals surface area contributed by atoms with Crippen LogP contribution in [0.5, 0.6) is 0 Å². The highest BCUT2D eigenvalue weighted by Crippen LogP contribution is 2.15. The number of hydrogen-bond donors (Lipinski definition) is 2. The largest absolute Gasteiger partial charge is 0.385 e. The number of nitrogens with one attached hydrogen (secondary N) is 2. The van der Waals surface area contributed by atoms with Gasteiger partial charge in [0.05, 0.1) is 6.04 Å². The summed E-state index contributed by atoms with van der Waals surface area (Å²) in [6.45, 7) is 4.93. The summed E-state index contributed by atoms with van der Waals surface area (Å²) >= 11 is 0. The lowest BCUT2D eigenvalue weighted by Crippen LogP contribution is -2.15. The van der Waals surface area contributed by atoms with Crippen LogP contribution in [0.25, 0.3) is 0 Å². The quantitative estimate of drug-likeness (QED) is 0.700. The lowest BCUT2D eigenvalue weighted by atomic mass is 10.1. The Balaban J connectivity index is 2.67. The molecule has 0 spiro atoms. The van der Waals surface area contributed by atoms with Gasteiger partial charge in [0.25, 0.3) is 0 Å². The fraction of sp³-hybridized carbons (Fsp3) is 0.364. The summed E-state index contributed by atoms with van der Waals surface area (Å²) in [6, 6.07) is 8.13. The molecule has 1 aromatic carbocycles. The van der Waals surface area contributed by atoms with Gasteiger partial charge < -0.3 is 10.6 Å². The highest BCUT2D eigenvalue weighted by Gasteiger charge is 2.02. The van der Waals surface area contributed by atoms with E-state index in [1.54, 1.807) is 0 Å². The van der Waals surface area contributed by atoms with E-state index < -0.39 is 0 Å². The zero-order valence-corrected chi connectivity index (χ0v) is 8.58. The topological polar surface area (TPSA) is 41.1 Å². The number of rotatable bonds is 5. The molecule has 0 bridgehead atoms. The van der Waals surface area contributed by atoms with E-state index in [1.165, 1.54) is 0 Å². The summed E-state index contributed by atoms with van der Waals surface area (Å²) in [6.07, 6.45) is 0.725. The minimum Gasteiger partial charge on any atom is -0.385 e. The summed E-state index contributed by atoms with van der Waals surface area (Å²) < 4.78 is 0. The van der Waals surface area contributed by atoms with E-state index in [-0.39, 0.29) is 6.04 Å². The van der Waals surface area contributed by atoms with Gasteiger partial charge in [0, 0.05) is 12.2 Å². The first-order chi connectivity index (χ1) is 6.77. The van der Waals surface area contributed by atoms with Gasteiger partial charge in [-0.2, -0.15) is 0 Å². The number of carbonyl (C=O) groups is 1. The van der Waals surface area contributed by atoms with E-state index in [2.05, 4.69) is 17.6 Å². The highest BCUT2D eigenvalue weighted by molar-refractivity contribution is 5.49. The number of hydrogen-bond acceptors (Lipinski definition) is 2. The van der Waals surface area contributed by atoms with Crippen molar-refractivity contribution in [2.24, 2.45) is 0 Å². The molecule has 14 heavy (non-hydrogen) atoms. The molecule has 1 aromatic rings. The number of anilines is 1. The molecule has 0 saturated carbocycles. The molecule has 0 saturated heterocycles. The SMILES string of the molecule is CCNc1ccc([C@@H](C)NC=O)cc1. The van der Waals surface area contributed by atoms with Crippen molar-refractivity contribution < 1.29 is 4.79 Å². The Bertz CT molecular complexity index is 282. The zero-order chi connectivity index (χ0) is 10.4. The van der Waals surface area contributed by atoms with Crippen molar-refractivity contribution in [1.82, 2.24) is 5.32 Å². The van der Waals surface area contributed by atoms with Gasteiger partial charge in [-0.25, -0.2) is 0 Å². The molecule has 1 amide bonds. The first-order valence-electron chi connectivity index (χ1n) is 4.81. The zero-order valence-electron chi connectivity index (χ0n) is 8.58. The van der Waals surface area contributed by atoms with Gasteiger partial charge >= 0.3 is 0 Å². The van der Waals surface area contributed by atoms with Gasteiger partial charge in [-0.15, -0.1) is 0 Å². The van der Waals surface area contributed by atoms with E-state index in [0.29, 0.717) is 0 Å². The Kier molecular flexibility index (Phi) is 3.98. The van der Waals surface area contributed by atoms with Crippen LogP contribution >= 0.6 is 0 Å². The standard InChI is InChI=1S/C11H16N2O/c1-3-12-11-6-4-10(5-7-11)9(2)13-8-14/h4-9,12H,3H2,1-2H3,(H,13,14)/t9-/m1/s1. The smallest absolute Gasteiger partial charge is 0.207 e. The number of amides is 1. The second-order valence-electron chi connectivity index (χ2n) is 3.16. The van der Waals surface area contributed by atoms with Crippen molar-refractivity contribution >= 4 is 12.1 Å². The normalized spacial score (nSPS) is 11.9. The molecule has 0 aliphatic rings. The third-order valence-electron chi connectivity index (χ3n) is 2.11. The number of carbonyl (C=O) groups excluding carboxylic acids is 1. The predicted octanol–water partition coefficient (Wildman–Crippen LogP) is 1.93. The summed E-state index contributed by atoms with van der Waals surface area (Å²) in [7, 11) is 0. The molecule has 0 fully saturated rings. The summed E-state index contributed by atoms with van der Waals surface area (Å²) in [5, 5.41) is 5.93. The minimum atomic E-state index is 0.0724. The van der Waals surface area contributed by atoms with E-state index >= 15 is 0 Å². The summed E-state index contributed by atoms with van der Waals surface area (Å²) in [5.74, 6) is 0. The molecular weight excluding hydrogens is 176 g/mol. The Morgan fingerprint density at radius 3 is 2.50 bits per heavy atom. The lowest BCUT2D eigenvalue weighted by Gasteiger charge is -2.11. The molecule has 0 radical (unpaired) electrons. The molecule has 0 aliphatic carbocycles. The van der Waals surface area contributed by atoms with Crippen molar-refractivity contribution in [1.29, 1.82) is 0 Å². The first-order valence-corrected chi connectivity index (χ1v) is 4.81. The Morgan fingerprint density at radius 1 is 1.36 bits per heavy atom. The second kappa shape index (κ2) is 5.27. The molecule has 0 heterocycles. The summed E-state index contributed by atoms with van der Waals surface area (Å²) in [5.41, 5.74) is 2.22. The molecule has 0 aliphatic heterocycles. The molecule has 1 rings (SSSR count). The van der Waals surface area contributed by atoms with Crippen LogP contribution in [0.1, 0.15) is 25.5 Å². The van der Waals surface area contributed by atoms with Crippen molar-refractivity contribution in [2.45, 2.75) is 19.9 Å². The van der Waals surface area contributed by atoms with E-state index in [4.69, 9.17) is 0 Å². The molecule has 76 valence electrons. The maximum Gasteiger partial charge on any atom is 0.207 e. The van der Waals surface area contributed by atoms with Crippen LogP contribution < -0.4 is 10.6 Å². The van der Waals surface area contributed by atoms with Crippen LogP contribution in [-0.2, 0) is 4.79 Å². The predicted molar refractivity (Wildman–Crippen MR) is 58.2 cm³/mol. The van der Waals surface area contributed by atoms with Crippen molar-refractivity contribution in [3.63, 3.8) is 0 Å². The molecule has 3 heteroatoms. The maximum absolute atomic E-state index is 10.2. The van der Waals surface area contributed by atoms with Crippen LogP contribution in [-0.4, -0.2) is 13.0 Å². The molecule has 0 unspecified atom stereocenters. The van der Waals surface area contributed by atoms with E-state index in [1.807, 2.05) is 31.2 Å². The lowest BCUT2D eigenvalue weighted by molar-refractivity contribution is -0.110. The maximum atomic E-state index is 10.2. The molecule has 0 aromatic heterocycles. The average molecular weight is 192 g/mol. The molecular formula is C11H16N2O. The first kappa shape index (κ1) is 10.6. The Labute approximate surface area is 84.5 Å². The minimum absolute atomic E-state index is 0.0724. The van der Waals surface area contributed by atoms with Crippen molar-refractivity contribution in [2.75, 3.05) is 11.9 Å². The Morgan fingerprint density at radius 2 is 2.00 bits per heavy atom. The van der Waals surface area contributed by atoms with Gasteiger partial charge in [-0.05, 0) is 31.5 Å². The second-order valence-corrected chi connectivity index (χ2v) is 3.16. The monoisotopic (exact) mass is 192 g/mol.